The van der Waals surface area contributed by atoms with Crippen LogP contribution >= 0.6 is 0 Å². The van der Waals surface area contributed by atoms with E-state index in [1.807, 2.05) is 4.72 Å². The Bertz CT molecular complexity index is 1020. The molecule has 1 N–H and O–H groups in total. The van der Waals surface area contributed by atoms with Crippen LogP contribution in [0.25, 0.3) is 0 Å². The lowest BCUT2D eigenvalue weighted by atomic mass is 9.83. The van der Waals surface area contributed by atoms with Crippen LogP contribution in [0.3, 0.4) is 0 Å². The molecule has 2 aromatic rings. The summed E-state index contributed by atoms with van der Waals surface area (Å²) in [6.07, 6.45) is 0.294. The second kappa shape index (κ2) is 6.90. The molecule has 0 fully saturated rings. The molecule has 1 aliphatic rings. The third-order valence-corrected chi connectivity index (χ3v) is 5.52. The van der Waals surface area contributed by atoms with Gasteiger partial charge in [-0.3, -0.25) is 0 Å². The molecule has 27 heavy (non-hydrogen) atoms. The number of halogens is 5. The van der Waals surface area contributed by atoms with E-state index in [1.165, 1.54) is 30.3 Å². The Labute approximate surface area is 151 Å². The molecule has 142 valence electrons. The SMILES string of the molecule is O=S(=O)(NC1C=C(F)C(F)=C(F)C1(F)c1ccc(F)cc1)c1ccccc1. The molecular weight excluding hydrogens is 389 g/mol. The van der Waals surface area contributed by atoms with E-state index in [-0.39, 0.29) is 4.90 Å². The highest BCUT2D eigenvalue weighted by atomic mass is 32.2. The second-order valence-electron chi connectivity index (χ2n) is 5.77. The molecule has 3 rings (SSSR count). The van der Waals surface area contributed by atoms with Crippen molar-refractivity contribution in [2.45, 2.75) is 16.6 Å². The van der Waals surface area contributed by atoms with E-state index in [2.05, 4.69) is 0 Å². The molecule has 3 nitrogen and oxygen atoms in total. The van der Waals surface area contributed by atoms with E-state index in [0.29, 0.717) is 6.08 Å². The Morgan fingerprint density at radius 3 is 2.07 bits per heavy atom. The number of hydrogen-bond donors (Lipinski definition) is 1. The zero-order chi connectivity index (χ0) is 19.8. The van der Waals surface area contributed by atoms with Gasteiger partial charge in [0.15, 0.2) is 17.5 Å². The number of rotatable bonds is 4. The van der Waals surface area contributed by atoms with Crippen molar-refractivity contribution in [3.63, 3.8) is 0 Å². The van der Waals surface area contributed by atoms with Crippen molar-refractivity contribution >= 4 is 10.0 Å². The maximum atomic E-state index is 15.6. The van der Waals surface area contributed by atoms with Crippen LogP contribution in [0.4, 0.5) is 22.0 Å². The lowest BCUT2D eigenvalue weighted by molar-refractivity contribution is 0.135. The molecule has 0 saturated carbocycles. The monoisotopic (exact) mass is 401 g/mol. The lowest BCUT2D eigenvalue weighted by Gasteiger charge is -2.34. The Hall–Kier alpha value is -2.52. The maximum absolute atomic E-state index is 15.6. The Kier molecular flexibility index (Phi) is 4.92. The van der Waals surface area contributed by atoms with Crippen molar-refractivity contribution in [2.24, 2.45) is 0 Å². The first-order valence-corrected chi connectivity index (χ1v) is 9.10. The van der Waals surface area contributed by atoms with Crippen molar-refractivity contribution in [1.82, 2.24) is 4.72 Å². The van der Waals surface area contributed by atoms with Crippen LogP contribution in [0.5, 0.6) is 0 Å². The van der Waals surface area contributed by atoms with Gasteiger partial charge in [-0.1, -0.05) is 30.3 Å². The van der Waals surface area contributed by atoms with Crippen LogP contribution in [0.2, 0.25) is 0 Å². The molecule has 2 atom stereocenters. The van der Waals surface area contributed by atoms with Gasteiger partial charge in [-0.05, 0) is 35.9 Å². The highest BCUT2D eigenvalue weighted by Crippen LogP contribution is 2.46. The van der Waals surface area contributed by atoms with Crippen LogP contribution in [-0.2, 0) is 15.7 Å². The molecule has 0 saturated heterocycles. The van der Waals surface area contributed by atoms with Crippen LogP contribution in [0, 0.1) is 5.82 Å². The molecule has 0 radical (unpaired) electrons. The van der Waals surface area contributed by atoms with E-state index in [9.17, 15) is 26.0 Å². The molecule has 9 heteroatoms. The van der Waals surface area contributed by atoms with Gasteiger partial charge in [-0.25, -0.2) is 35.1 Å². The maximum Gasteiger partial charge on any atom is 0.241 e. The first kappa shape index (κ1) is 19.2. The zero-order valence-electron chi connectivity index (χ0n) is 13.5. The molecule has 2 unspecified atom stereocenters. The third-order valence-electron chi connectivity index (χ3n) is 4.06. The van der Waals surface area contributed by atoms with Gasteiger partial charge >= 0.3 is 0 Å². The summed E-state index contributed by atoms with van der Waals surface area (Å²) in [6.45, 7) is 0. The van der Waals surface area contributed by atoms with E-state index in [1.54, 1.807) is 0 Å². The predicted octanol–water partition coefficient (Wildman–Crippen LogP) is 4.36. The Balaban J connectivity index is 2.10. The molecule has 0 heterocycles. The number of sulfonamides is 1. The van der Waals surface area contributed by atoms with Crippen LogP contribution in [0.1, 0.15) is 5.56 Å². The summed E-state index contributed by atoms with van der Waals surface area (Å²) in [4.78, 5) is -0.282. The largest absolute Gasteiger partial charge is 0.241 e. The van der Waals surface area contributed by atoms with Crippen LogP contribution < -0.4 is 4.72 Å². The van der Waals surface area contributed by atoms with E-state index in [4.69, 9.17) is 0 Å². The van der Waals surface area contributed by atoms with Gasteiger partial charge in [0, 0.05) is 0 Å². The first-order chi connectivity index (χ1) is 12.7. The molecular formula is C18H12F5NO2S. The minimum absolute atomic E-state index is 0.282. The smallest absolute Gasteiger partial charge is 0.229 e. The van der Waals surface area contributed by atoms with Gasteiger partial charge < -0.3 is 0 Å². The van der Waals surface area contributed by atoms with Gasteiger partial charge in [0.05, 0.1) is 10.9 Å². The van der Waals surface area contributed by atoms with Crippen LogP contribution in [-0.4, -0.2) is 14.5 Å². The predicted molar refractivity (Wildman–Crippen MR) is 88.2 cm³/mol. The fourth-order valence-electron chi connectivity index (χ4n) is 2.68. The normalized spacial score (nSPS) is 23.3. The van der Waals surface area contributed by atoms with Crippen molar-refractivity contribution in [2.75, 3.05) is 0 Å². The summed E-state index contributed by atoms with van der Waals surface area (Å²) in [5, 5.41) is 0. The second-order valence-corrected chi connectivity index (χ2v) is 7.49. The number of nitrogens with one attached hydrogen (secondary N) is 1. The average Bonchev–Trinajstić information content (AvgIpc) is 2.65. The summed E-state index contributed by atoms with van der Waals surface area (Å²) in [6, 6.07) is 7.79. The molecule has 0 spiro atoms. The fraction of sp³-hybridized carbons (Fsp3) is 0.111. The lowest BCUT2D eigenvalue weighted by Crippen LogP contribution is -2.49. The standard InChI is InChI=1S/C18H12F5NO2S/c19-12-8-6-11(7-9-12)18(23)15(10-14(20)16(21)17(18)22)24-27(25,26)13-4-2-1-3-5-13/h1-10,15,24H. The Morgan fingerprint density at radius 1 is 0.889 bits per heavy atom. The van der Waals surface area contributed by atoms with E-state index >= 15 is 4.39 Å². The molecule has 0 bridgehead atoms. The quantitative estimate of drug-likeness (QED) is 0.774. The fourth-order valence-corrected chi connectivity index (χ4v) is 3.90. The van der Waals surface area contributed by atoms with Gasteiger partial charge in [0.25, 0.3) is 0 Å². The minimum Gasteiger partial charge on any atom is -0.229 e. The van der Waals surface area contributed by atoms with Gasteiger partial charge in [0.1, 0.15) is 5.82 Å². The van der Waals surface area contributed by atoms with E-state index in [0.717, 1.165) is 24.3 Å². The minimum atomic E-state index is -4.40. The Morgan fingerprint density at radius 2 is 1.48 bits per heavy atom. The molecule has 0 aromatic heterocycles. The van der Waals surface area contributed by atoms with Crippen molar-refractivity contribution in [1.29, 1.82) is 0 Å². The first-order valence-electron chi connectivity index (χ1n) is 7.62. The van der Waals surface area contributed by atoms with Gasteiger partial charge in [0.2, 0.25) is 15.7 Å². The highest BCUT2D eigenvalue weighted by molar-refractivity contribution is 7.89. The summed E-state index contributed by atoms with van der Waals surface area (Å²) in [5.41, 5.74) is -3.99. The summed E-state index contributed by atoms with van der Waals surface area (Å²) in [5.74, 6) is -6.75. The van der Waals surface area contributed by atoms with Crippen molar-refractivity contribution < 1.29 is 30.4 Å². The van der Waals surface area contributed by atoms with Gasteiger partial charge in [-0.2, -0.15) is 0 Å². The number of allylic oxidation sites excluding steroid dienone is 2. The summed E-state index contributed by atoms with van der Waals surface area (Å²) in [7, 11) is -4.40. The molecule has 1 aliphatic carbocycles. The zero-order valence-corrected chi connectivity index (χ0v) is 14.3. The average molecular weight is 401 g/mol. The van der Waals surface area contributed by atoms with Crippen LogP contribution in [0.15, 0.2) is 83.0 Å². The van der Waals surface area contributed by atoms with Crippen molar-refractivity contribution in [3.05, 3.63) is 89.5 Å². The van der Waals surface area contributed by atoms with Gasteiger partial charge in [-0.15, -0.1) is 0 Å². The molecule has 2 aromatic carbocycles. The number of hydrogen-bond acceptors (Lipinski definition) is 2. The summed E-state index contributed by atoms with van der Waals surface area (Å²) < 4.78 is 97.3. The highest BCUT2D eigenvalue weighted by Gasteiger charge is 2.51. The third kappa shape index (κ3) is 3.40. The topological polar surface area (TPSA) is 46.2 Å². The van der Waals surface area contributed by atoms with Crippen molar-refractivity contribution in [3.8, 4) is 0 Å². The number of benzene rings is 2. The summed E-state index contributed by atoms with van der Waals surface area (Å²) >= 11 is 0. The molecule has 0 amide bonds. The molecule has 0 aliphatic heterocycles. The van der Waals surface area contributed by atoms with E-state index < -0.39 is 50.6 Å². The number of alkyl halides is 1.